The highest BCUT2D eigenvalue weighted by molar-refractivity contribution is 5.96. The average molecular weight is 296 g/mol. The largest absolute Gasteiger partial charge is 0.323 e. The van der Waals surface area contributed by atoms with E-state index in [9.17, 15) is 9.59 Å². The van der Waals surface area contributed by atoms with E-state index in [1.54, 1.807) is 47.6 Å². The molecule has 6 nitrogen and oxygen atoms in total. The summed E-state index contributed by atoms with van der Waals surface area (Å²) in [5, 5.41) is 0. The summed E-state index contributed by atoms with van der Waals surface area (Å²) >= 11 is 0. The van der Waals surface area contributed by atoms with Crippen LogP contribution in [0.25, 0.3) is 0 Å². The fourth-order valence-corrected chi connectivity index (χ4v) is 2.53. The molecule has 3 rings (SSSR count). The van der Waals surface area contributed by atoms with Crippen LogP contribution in [-0.4, -0.2) is 46.8 Å². The summed E-state index contributed by atoms with van der Waals surface area (Å²) in [6.07, 6.45) is 4.91. The first-order valence-corrected chi connectivity index (χ1v) is 7.07. The molecule has 0 radical (unpaired) electrons. The minimum absolute atomic E-state index is 0.0604. The van der Waals surface area contributed by atoms with E-state index in [-0.39, 0.29) is 12.1 Å². The lowest BCUT2D eigenvalue weighted by molar-refractivity contribution is 0.0463. The number of nitrogens with zero attached hydrogens (tertiary/aromatic N) is 4. The van der Waals surface area contributed by atoms with Crippen LogP contribution >= 0.6 is 0 Å². The second kappa shape index (κ2) is 5.93. The van der Waals surface area contributed by atoms with E-state index in [2.05, 4.69) is 9.97 Å². The smallest absolute Gasteiger partial charge is 0.255 e. The first-order chi connectivity index (χ1) is 10.7. The van der Waals surface area contributed by atoms with E-state index in [1.165, 1.54) is 0 Å². The Bertz CT molecular complexity index is 690. The van der Waals surface area contributed by atoms with Crippen LogP contribution in [0, 0.1) is 0 Å². The molecular weight excluding hydrogens is 280 g/mol. The number of likely N-dealkylation sites (tertiary alicyclic amines) is 1. The van der Waals surface area contributed by atoms with Gasteiger partial charge in [0.15, 0.2) is 0 Å². The molecule has 112 valence electrons. The molecule has 1 atom stereocenters. The second-order valence-corrected chi connectivity index (χ2v) is 5.17. The van der Waals surface area contributed by atoms with Crippen LogP contribution in [0.3, 0.4) is 0 Å². The molecule has 0 spiro atoms. The third-order valence-electron chi connectivity index (χ3n) is 3.83. The van der Waals surface area contributed by atoms with Gasteiger partial charge in [-0.05, 0) is 18.2 Å². The van der Waals surface area contributed by atoms with Gasteiger partial charge in [0.2, 0.25) is 5.95 Å². The molecule has 0 aliphatic carbocycles. The zero-order valence-electron chi connectivity index (χ0n) is 12.2. The minimum Gasteiger partial charge on any atom is -0.323 e. The highest BCUT2D eigenvalue weighted by Crippen LogP contribution is 2.25. The Morgan fingerprint density at radius 3 is 2.73 bits per heavy atom. The van der Waals surface area contributed by atoms with Crippen LogP contribution in [0.2, 0.25) is 0 Å². The van der Waals surface area contributed by atoms with Crippen LogP contribution in [0.15, 0.2) is 42.7 Å². The van der Waals surface area contributed by atoms with Gasteiger partial charge in [0.1, 0.15) is 12.5 Å². The predicted molar refractivity (Wildman–Crippen MR) is 81.7 cm³/mol. The number of hydrogen-bond donors (Lipinski definition) is 0. The Labute approximate surface area is 128 Å². The number of carbonyl (C=O) groups is 2. The van der Waals surface area contributed by atoms with Crippen molar-refractivity contribution in [2.75, 3.05) is 18.5 Å². The number of anilines is 1. The van der Waals surface area contributed by atoms with E-state index in [4.69, 9.17) is 0 Å². The molecule has 0 saturated carbocycles. The van der Waals surface area contributed by atoms with Crippen molar-refractivity contribution >= 4 is 18.1 Å². The quantitative estimate of drug-likeness (QED) is 0.802. The molecule has 1 aliphatic heterocycles. The van der Waals surface area contributed by atoms with E-state index >= 15 is 0 Å². The van der Waals surface area contributed by atoms with Gasteiger partial charge in [-0.3, -0.25) is 9.59 Å². The van der Waals surface area contributed by atoms with Gasteiger partial charge in [-0.25, -0.2) is 9.97 Å². The Kier molecular flexibility index (Phi) is 3.82. The lowest BCUT2D eigenvalue weighted by Gasteiger charge is -2.45. The van der Waals surface area contributed by atoms with Crippen molar-refractivity contribution in [3.8, 4) is 0 Å². The molecular formula is C16H16N4O2. The topological polar surface area (TPSA) is 66.4 Å². The van der Waals surface area contributed by atoms with Gasteiger partial charge < -0.3 is 9.80 Å². The van der Waals surface area contributed by atoms with Gasteiger partial charge in [-0.2, -0.15) is 0 Å². The third-order valence-corrected chi connectivity index (χ3v) is 3.83. The third kappa shape index (κ3) is 2.55. The highest BCUT2D eigenvalue weighted by atomic mass is 16.2. The van der Waals surface area contributed by atoms with Crippen molar-refractivity contribution in [3.05, 3.63) is 53.9 Å². The van der Waals surface area contributed by atoms with E-state index in [1.807, 2.05) is 11.9 Å². The van der Waals surface area contributed by atoms with Crippen molar-refractivity contribution in [1.82, 2.24) is 14.9 Å². The van der Waals surface area contributed by atoms with E-state index in [0.717, 1.165) is 12.7 Å². The molecule has 2 heterocycles. The first kappa shape index (κ1) is 14.2. The fourth-order valence-electron chi connectivity index (χ4n) is 2.53. The first-order valence-electron chi connectivity index (χ1n) is 7.07. The van der Waals surface area contributed by atoms with Crippen LogP contribution in [0.4, 0.5) is 5.95 Å². The number of aromatic nitrogens is 2. The summed E-state index contributed by atoms with van der Waals surface area (Å²) in [4.78, 5) is 35.5. The monoisotopic (exact) mass is 296 g/mol. The lowest BCUT2D eigenvalue weighted by Crippen LogP contribution is -2.59. The number of benzene rings is 1. The van der Waals surface area contributed by atoms with Crippen LogP contribution < -0.4 is 4.90 Å². The van der Waals surface area contributed by atoms with Crippen molar-refractivity contribution in [3.63, 3.8) is 0 Å². The van der Waals surface area contributed by atoms with Crippen molar-refractivity contribution in [2.45, 2.75) is 12.6 Å². The Hall–Kier alpha value is -2.76. The average Bonchev–Trinajstić information content (AvgIpc) is 2.54. The van der Waals surface area contributed by atoms with Gasteiger partial charge in [0.05, 0.1) is 0 Å². The normalized spacial score (nSPS) is 16.8. The highest BCUT2D eigenvalue weighted by Gasteiger charge is 2.36. The molecule has 6 heteroatoms. The van der Waals surface area contributed by atoms with Gasteiger partial charge in [0.25, 0.3) is 5.91 Å². The van der Waals surface area contributed by atoms with E-state index < -0.39 is 0 Å². The Balaban J connectivity index is 1.77. The molecule has 1 fully saturated rings. The fraction of sp³-hybridized carbons (Fsp3) is 0.250. The number of hydrogen-bond acceptors (Lipinski definition) is 5. The SMILES string of the molecule is CN(c1ncccn1)C1CCN1C(=O)c1cccc(C=O)c1. The molecule has 1 aromatic heterocycles. The summed E-state index contributed by atoms with van der Waals surface area (Å²) in [5.41, 5.74) is 1.03. The summed E-state index contributed by atoms with van der Waals surface area (Å²) in [6.45, 7) is 0.686. The zero-order chi connectivity index (χ0) is 15.5. The predicted octanol–water partition coefficient (Wildman–Crippen LogP) is 1.60. The molecule has 1 saturated heterocycles. The number of rotatable bonds is 4. The molecule has 1 aliphatic rings. The lowest BCUT2D eigenvalue weighted by atomic mass is 10.1. The maximum Gasteiger partial charge on any atom is 0.255 e. The Morgan fingerprint density at radius 2 is 2.09 bits per heavy atom. The standard InChI is InChI=1S/C16H16N4O2/c1-19(16-17-7-3-8-18-16)14-6-9-20(14)15(22)13-5-2-4-12(10-13)11-21/h2-5,7-8,10-11,14H,6,9H2,1H3. The number of amides is 1. The van der Waals surface area contributed by atoms with Crippen LogP contribution in [-0.2, 0) is 0 Å². The van der Waals surface area contributed by atoms with Gasteiger partial charge in [-0.1, -0.05) is 12.1 Å². The summed E-state index contributed by atoms with van der Waals surface area (Å²) < 4.78 is 0. The van der Waals surface area contributed by atoms with Crippen molar-refractivity contribution in [1.29, 1.82) is 0 Å². The van der Waals surface area contributed by atoms with E-state index in [0.29, 0.717) is 23.6 Å². The molecule has 1 unspecified atom stereocenters. The Morgan fingerprint density at radius 1 is 1.32 bits per heavy atom. The summed E-state index contributed by atoms with van der Waals surface area (Å²) in [7, 11) is 1.88. The van der Waals surface area contributed by atoms with Crippen LogP contribution in [0.1, 0.15) is 27.1 Å². The second-order valence-electron chi connectivity index (χ2n) is 5.17. The molecule has 0 N–H and O–H groups in total. The van der Waals surface area contributed by atoms with Crippen molar-refractivity contribution in [2.24, 2.45) is 0 Å². The van der Waals surface area contributed by atoms with Crippen LogP contribution in [0.5, 0.6) is 0 Å². The molecule has 22 heavy (non-hydrogen) atoms. The molecule has 1 amide bonds. The van der Waals surface area contributed by atoms with Gasteiger partial charge in [0, 0.05) is 43.5 Å². The molecule has 2 aromatic rings. The van der Waals surface area contributed by atoms with Crippen molar-refractivity contribution < 1.29 is 9.59 Å². The maximum absolute atomic E-state index is 12.6. The number of aldehydes is 1. The number of carbonyl (C=O) groups excluding carboxylic acids is 2. The molecule has 1 aromatic carbocycles. The minimum atomic E-state index is -0.0808. The summed E-state index contributed by atoms with van der Waals surface area (Å²) in [5.74, 6) is 0.509. The maximum atomic E-state index is 12.6. The van der Waals surface area contributed by atoms with Gasteiger partial charge in [-0.15, -0.1) is 0 Å². The zero-order valence-corrected chi connectivity index (χ0v) is 12.2. The molecule has 0 bridgehead atoms. The van der Waals surface area contributed by atoms with Gasteiger partial charge >= 0.3 is 0 Å². The summed E-state index contributed by atoms with van der Waals surface area (Å²) in [6, 6.07) is 8.50.